The van der Waals surface area contributed by atoms with E-state index in [-0.39, 0.29) is 18.6 Å². The Balaban J connectivity index is 0.000000294. The summed E-state index contributed by atoms with van der Waals surface area (Å²) in [5, 5.41) is 4.05. The summed E-state index contributed by atoms with van der Waals surface area (Å²) >= 11 is 0. The number of benzene rings is 3. The molecule has 0 aromatic heterocycles. The summed E-state index contributed by atoms with van der Waals surface area (Å²) in [5.74, 6) is 0. The molecule has 3 aromatic carbocycles. The third-order valence-corrected chi connectivity index (χ3v) is 3.94. The minimum atomic E-state index is 0. The molecule has 4 heteroatoms. The normalized spacial score (nSPS) is 8.32. The fraction of sp³-hybridized carbons (Fsp3) is 0. The van der Waals surface area contributed by atoms with Crippen molar-refractivity contribution in [2.45, 2.75) is 0 Å². The zero-order chi connectivity index (χ0) is 15.3. The van der Waals surface area contributed by atoms with Crippen LogP contribution in [0.25, 0.3) is 0 Å². The van der Waals surface area contributed by atoms with Crippen molar-refractivity contribution in [1.29, 1.82) is 0 Å². The van der Waals surface area contributed by atoms with E-state index in [1.54, 1.807) is 0 Å². The third kappa shape index (κ3) is 11.5. The zero-order valence-electron chi connectivity index (χ0n) is 12.7. The molecule has 0 saturated heterocycles. The van der Waals surface area contributed by atoms with E-state index in [1.807, 2.05) is 85.3 Å². The van der Waals surface area contributed by atoms with Gasteiger partial charge in [0.25, 0.3) is 0 Å². The van der Waals surface area contributed by atoms with E-state index < -0.39 is 0 Å². The number of rotatable bonds is 0. The molecular weight excluding hydrogens is 351 g/mol. The average molecular weight is 373 g/mol. The zero-order valence-corrected chi connectivity index (χ0v) is 18.4. The summed E-state index contributed by atoms with van der Waals surface area (Å²) in [6.07, 6.45) is 0. The van der Waals surface area contributed by atoms with Crippen LogP contribution in [0, 0.1) is 0 Å². The molecule has 0 saturated carbocycles. The summed E-state index contributed by atoms with van der Waals surface area (Å²) in [6, 6.07) is 30.9. The second kappa shape index (κ2) is 13.6. The van der Waals surface area contributed by atoms with Crippen molar-refractivity contribution in [2.24, 2.45) is 0 Å². The SMILES string of the molecule is [SiH2]c1ccccc1.[SiH2]c1ccccc1.[SiH2]c1ccccc1.[V+2]. The summed E-state index contributed by atoms with van der Waals surface area (Å²) in [7, 11) is 5.70. The summed E-state index contributed by atoms with van der Waals surface area (Å²) < 4.78 is 0. The largest absolute Gasteiger partial charge is 2.00 e. The fourth-order valence-electron chi connectivity index (χ4n) is 1.43. The Morgan fingerprint density at radius 1 is 0.364 bits per heavy atom. The van der Waals surface area contributed by atoms with Crippen molar-refractivity contribution < 1.29 is 18.6 Å². The van der Waals surface area contributed by atoms with Crippen LogP contribution in [-0.4, -0.2) is 30.7 Å². The van der Waals surface area contributed by atoms with Gasteiger partial charge in [-0.2, -0.15) is 0 Å². The molecule has 0 aliphatic carbocycles. The van der Waals surface area contributed by atoms with Crippen LogP contribution in [0.4, 0.5) is 0 Å². The molecule has 0 amide bonds. The topological polar surface area (TPSA) is 0 Å². The maximum absolute atomic E-state index is 2.10. The van der Waals surface area contributed by atoms with Crippen molar-refractivity contribution in [2.75, 3.05) is 0 Å². The van der Waals surface area contributed by atoms with Gasteiger partial charge in [-0.15, -0.1) is 0 Å². The van der Waals surface area contributed by atoms with Gasteiger partial charge >= 0.3 is 18.6 Å². The van der Waals surface area contributed by atoms with Gasteiger partial charge in [0.05, 0.1) is 0 Å². The molecule has 0 nitrogen and oxygen atoms in total. The van der Waals surface area contributed by atoms with E-state index in [9.17, 15) is 0 Å². The Morgan fingerprint density at radius 3 is 0.636 bits per heavy atom. The molecule has 0 aliphatic rings. The summed E-state index contributed by atoms with van der Waals surface area (Å²) in [5.41, 5.74) is 0. The van der Waals surface area contributed by atoms with Crippen LogP contribution in [-0.2, 0) is 18.6 Å². The van der Waals surface area contributed by atoms with Gasteiger partial charge in [0.1, 0.15) is 0 Å². The van der Waals surface area contributed by atoms with Gasteiger partial charge in [0.2, 0.25) is 0 Å². The Hall–Kier alpha value is -1.10. The van der Waals surface area contributed by atoms with E-state index in [4.69, 9.17) is 0 Å². The van der Waals surface area contributed by atoms with Crippen LogP contribution in [0.5, 0.6) is 0 Å². The minimum Gasteiger partial charge on any atom is -0.0697 e. The van der Waals surface area contributed by atoms with Crippen molar-refractivity contribution in [3.8, 4) is 0 Å². The molecule has 0 fully saturated rings. The van der Waals surface area contributed by atoms with Gasteiger partial charge in [-0.05, 0) is 0 Å². The van der Waals surface area contributed by atoms with Gasteiger partial charge in [-0.25, -0.2) is 0 Å². The van der Waals surface area contributed by atoms with Crippen LogP contribution in [0.1, 0.15) is 0 Å². The van der Waals surface area contributed by atoms with Gasteiger partial charge in [0.15, 0.2) is 0 Å². The Morgan fingerprint density at radius 2 is 0.545 bits per heavy atom. The van der Waals surface area contributed by atoms with E-state index in [2.05, 4.69) is 36.4 Å². The van der Waals surface area contributed by atoms with Crippen LogP contribution in [0.15, 0.2) is 91.0 Å². The van der Waals surface area contributed by atoms with Gasteiger partial charge in [-0.3, -0.25) is 0 Å². The molecular formula is C18H21Si3V+2. The second-order valence-electron chi connectivity index (χ2n) is 4.46. The molecule has 4 radical (unpaired) electrons. The smallest absolute Gasteiger partial charge is 0.0697 e. The summed E-state index contributed by atoms with van der Waals surface area (Å²) in [4.78, 5) is 0. The summed E-state index contributed by atoms with van der Waals surface area (Å²) in [6.45, 7) is 0. The molecule has 0 spiro atoms. The Kier molecular flexibility index (Phi) is 12.9. The van der Waals surface area contributed by atoms with Crippen LogP contribution >= 0.6 is 0 Å². The predicted molar refractivity (Wildman–Crippen MR) is 104 cm³/mol. The molecule has 0 unspecified atom stereocenters. The monoisotopic (exact) mass is 372 g/mol. The first-order valence-electron chi connectivity index (χ1n) is 6.79. The van der Waals surface area contributed by atoms with Crippen molar-refractivity contribution >= 4 is 46.3 Å². The molecule has 3 rings (SSSR count). The first kappa shape index (κ1) is 20.9. The minimum absolute atomic E-state index is 0. The molecule has 0 bridgehead atoms. The molecule has 3 aromatic rings. The maximum Gasteiger partial charge on any atom is 2.00 e. The second-order valence-corrected chi connectivity index (χ2v) is 6.91. The quantitative estimate of drug-likeness (QED) is 0.481. The number of hydrogen-bond donors (Lipinski definition) is 0. The van der Waals surface area contributed by atoms with E-state index >= 15 is 0 Å². The van der Waals surface area contributed by atoms with Gasteiger partial charge in [0, 0.05) is 30.7 Å². The fourth-order valence-corrected chi connectivity index (χ4v) is 2.25. The molecule has 0 atom stereocenters. The van der Waals surface area contributed by atoms with Crippen LogP contribution in [0.3, 0.4) is 0 Å². The predicted octanol–water partition coefficient (Wildman–Crippen LogP) is -0.167. The first-order chi connectivity index (χ1) is 10.2. The standard InChI is InChI=1S/3C6H7Si.V/c3*7-6-4-2-1-3-5-6;/h3*1-5H,7H2;/q;;;+2. The van der Waals surface area contributed by atoms with E-state index in [0.29, 0.717) is 0 Å². The van der Waals surface area contributed by atoms with Crippen LogP contribution in [0.2, 0.25) is 0 Å². The first-order valence-corrected chi connectivity index (χ1v) is 8.91. The van der Waals surface area contributed by atoms with Crippen molar-refractivity contribution in [3.63, 3.8) is 0 Å². The molecule has 108 valence electrons. The van der Waals surface area contributed by atoms with Gasteiger partial charge in [-0.1, -0.05) is 107 Å². The third-order valence-electron chi connectivity index (χ3n) is 2.53. The van der Waals surface area contributed by atoms with Gasteiger partial charge < -0.3 is 0 Å². The van der Waals surface area contributed by atoms with E-state index in [1.165, 1.54) is 15.6 Å². The Labute approximate surface area is 155 Å². The molecule has 0 aliphatic heterocycles. The van der Waals surface area contributed by atoms with Crippen molar-refractivity contribution in [1.82, 2.24) is 0 Å². The number of hydrogen-bond acceptors (Lipinski definition) is 0. The average Bonchev–Trinajstić information content (AvgIpc) is 2.51. The van der Waals surface area contributed by atoms with E-state index in [0.717, 1.165) is 0 Å². The Bertz CT molecular complexity index is 497. The maximum atomic E-state index is 2.10. The molecule has 0 N–H and O–H groups in total. The van der Waals surface area contributed by atoms with Crippen molar-refractivity contribution in [3.05, 3.63) is 91.0 Å². The molecule has 22 heavy (non-hydrogen) atoms. The molecule has 0 heterocycles. The van der Waals surface area contributed by atoms with Crippen LogP contribution < -0.4 is 15.6 Å².